The molecule has 0 aromatic carbocycles. The predicted molar refractivity (Wildman–Crippen MR) is 68.9 cm³/mol. The molecule has 0 saturated heterocycles. The molecule has 2 aromatic heterocycles. The molecule has 0 radical (unpaired) electrons. The van der Waals surface area contributed by atoms with Gasteiger partial charge in [0.15, 0.2) is 5.78 Å². The lowest BCUT2D eigenvalue weighted by Gasteiger charge is -2.07. The average molecular weight is 244 g/mol. The highest BCUT2D eigenvalue weighted by Crippen LogP contribution is 2.16. The van der Waals surface area contributed by atoms with Gasteiger partial charge in [-0.2, -0.15) is 0 Å². The average Bonchev–Trinajstić information content (AvgIpc) is 2.87. The minimum Gasteiger partial charge on any atom is -0.481 e. The first-order chi connectivity index (χ1) is 8.74. The Hall–Kier alpha value is -2.10. The van der Waals surface area contributed by atoms with Crippen LogP contribution in [0.15, 0.2) is 36.8 Å². The monoisotopic (exact) mass is 244 g/mol. The zero-order valence-corrected chi connectivity index (χ0v) is 10.6. The molecule has 0 N–H and O–H groups in total. The Kier molecular flexibility index (Phi) is 3.77. The summed E-state index contributed by atoms with van der Waals surface area (Å²) in [5.74, 6) is 0.779. The summed E-state index contributed by atoms with van der Waals surface area (Å²) in [6.07, 6.45) is 5.98. The molecule has 0 fully saturated rings. The number of pyridine rings is 1. The van der Waals surface area contributed by atoms with Crippen molar-refractivity contribution in [3.63, 3.8) is 0 Å². The topological polar surface area (TPSA) is 44.1 Å². The number of hydrogen-bond acceptors (Lipinski definition) is 3. The van der Waals surface area contributed by atoms with Gasteiger partial charge in [-0.25, -0.2) is 4.98 Å². The third-order valence-electron chi connectivity index (χ3n) is 2.79. The van der Waals surface area contributed by atoms with Crippen LogP contribution in [0.25, 0.3) is 0 Å². The van der Waals surface area contributed by atoms with Gasteiger partial charge in [0.25, 0.3) is 0 Å². The van der Waals surface area contributed by atoms with Gasteiger partial charge < -0.3 is 9.30 Å². The smallest absolute Gasteiger partial charge is 0.218 e. The highest BCUT2D eigenvalue weighted by atomic mass is 16.5. The van der Waals surface area contributed by atoms with E-state index in [1.165, 1.54) is 0 Å². The number of aromatic nitrogens is 2. The van der Waals surface area contributed by atoms with Gasteiger partial charge in [0.2, 0.25) is 5.88 Å². The number of nitrogens with zero attached hydrogens (tertiary/aromatic N) is 2. The van der Waals surface area contributed by atoms with Crippen LogP contribution in [0, 0.1) is 0 Å². The van der Waals surface area contributed by atoms with Crippen LogP contribution in [0.1, 0.15) is 29.3 Å². The quantitative estimate of drug-likeness (QED) is 0.759. The number of Topliss-reactive ketones (excluding diaryl/α,β-unsaturated/α-hetero) is 1. The largest absolute Gasteiger partial charge is 0.481 e. The molecule has 0 unspecified atom stereocenters. The third kappa shape index (κ3) is 2.59. The van der Waals surface area contributed by atoms with Crippen molar-refractivity contribution in [2.24, 2.45) is 0 Å². The van der Waals surface area contributed by atoms with E-state index in [4.69, 9.17) is 4.74 Å². The lowest BCUT2D eigenvalue weighted by molar-refractivity contribution is 0.0988. The Balaban J connectivity index is 2.19. The van der Waals surface area contributed by atoms with Crippen molar-refractivity contribution in [3.05, 3.63) is 47.9 Å². The summed E-state index contributed by atoms with van der Waals surface area (Å²) in [5.41, 5.74) is 1.74. The van der Waals surface area contributed by atoms with E-state index in [9.17, 15) is 4.79 Å². The molecule has 0 saturated carbocycles. The van der Waals surface area contributed by atoms with Crippen molar-refractivity contribution in [1.29, 1.82) is 0 Å². The van der Waals surface area contributed by atoms with Crippen molar-refractivity contribution in [1.82, 2.24) is 9.55 Å². The van der Waals surface area contributed by atoms with E-state index in [1.54, 1.807) is 13.3 Å². The number of carbonyl (C=O) groups is 1. The molecule has 18 heavy (non-hydrogen) atoms. The zero-order valence-electron chi connectivity index (χ0n) is 10.6. The van der Waals surface area contributed by atoms with E-state index in [-0.39, 0.29) is 5.78 Å². The number of methoxy groups -OCH3 is 1. The molecule has 94 valence electrons. The molecule has 0 aliphatic heterocycles. The van der Waals surface area contributed by atoms with Gasteiger partial charge in [-0.3, -0.25) is 4.79 Å². The lowest BCUT2D eigenvalue weighted by Crippen LogP contribution is -2.01. The fourth-order valence-corrected chi connectivity index (χ4v) is 1.83. The van der Waals surface area contributed by atoms with Crippen molar-refractivity contribution < 1.29 is 9.53 Å². The van der Waals surface area contributed by atoms with E-state index < -0.39 is 0 Å². The maximum absolute atomic E-state index is 11.6. The van der Waals surface area contributed by atoms with Crippen molar-refractivity contribution in [2.75, 3.05) is 7.11 Å². The van der Waals surface area contributed by atoms with Crippen molar-refractivity contribution in [2.45, 2.75) is 19.9 Å². The number of ether oxygens (including phenoxy) is 1. The molecular formula is C14H16N2O2. The van der Waals surface area contributed by atoms with Gasteiger partial charge >= 0.3 is 0 Å². The van der Waals surface area contributed by atoms with Gasteiger partial charge in [0.1, 0.15) is 0 Å². The maximum atomic E-state index is 11.6. The minimum absolute atomic E-state index is 0.159. The van der Waals surface area contributed by atoms with Gasteiger partial charge in [-0.15, -0.1) is 0 Å². The lowest BCUT2D eigenvalue weighted by atomic mass is 10.2. The van der Waals surface area contributed by atoms with Crippen LogP contribution in [-0.4, -0.2) is 22.4 Å². The minimum atomic E-state index is 0.159. The fourth-order valence-electron chi connectivity index (χ4n) is 1.83. The molecule has 0 bridgehead atoms. The Labute approximate surface area is 106 Å². The number of rotatable bonds is 5. The molecule has 2 rings (SSSR count). The molecule has 0 amide bonds. The molecule has 2 heterocycles. The summed E-state index contributed by atoms with van der Waals surface area (Å²) in [6, 6.07) is 5.68. The van der Waals surface area contributed by atoms with Gasteiger partial charge in [-0.1, -0.05) is 13.0 Å². The summed E-state index contributed by atoms with van der Waals surface area (Å²) < 4.78 is 7.16. The first kappa shape index (κ1) is 12.4. The number of ketones is 1. The van der Waals surface area contributed by atoms with E-state index in [2.05, 4.69) is 4.98 Å². The second kappa shape index (κ2) is 5.49. The van der Waals surface area contributed by atoms with Crippen molar-refractivity contribution in [3.8, 4) is 5.88 Å². The van der Waals surface area contributed by atoms with Crippen LogP contribution in [0.2, 0.25) is 0 Å². The highest BCUT2D eigenvalue weighted by Gasteiger charge is 2.07. The van der Waals surface area contributed by atoms with Gasteiger partial charge in [-0.05, 0) is 12.1 Å². The summed E-state index contributed by atoms with van der Waals surface area (Å²) in [5, 5.41) is 0. The second-order valence-electron chi connectivity index (χ2n) is 4.02. The van der Waals surface area contributed by atoms with E-state index in [0.29, 0.717) is 18.8 Å². The molecule has 0 aliphatic rings. The van der Waals surface area contributed by atoms with E-state index in [1.807, 2.05) is 42.1 Å². The highest BCUT2D eigenvalue weighted by molar-refractivity contribution is 5.95. The van der Waals surface area contributed by atoms with Crippen LogP contribution in [-0.2, 0) is 6.54 Å². The van der Waals surface area contributed by atoms with E-state index >= 15 is 0 Å². The summed E-state index contributed by atoms with van der Waals surface area (Å²) >= 11 is 0. The second-order valence-corrected chi connectivity index (χ2v) is 4.02. The SMILES string of the molecule is CCC(=O)c1ccn(Cc2cccnc2OC)c1. The standard InChI is InChI=1S/C14H16N2O2/c1-3-13(17)11-6-8-16(9-11)10-12-5-4-7-15-14(12)18-2/h4-9H,3,10H2,1-2H3. The molecule has 0 atom stereocenters. The molecular weight excluding hydrogens is 228 g/mol. The summed E-state index contributed by atoms with van der Waals surface area (Å²) in [4.78, 5) is 15.7. The Morgan fingerprint density at radius 2 is 2.28 bits per heavy atom. The Morgan fingerprint density at radius 1 is 1.44 bits per heavy atom. The van der Waals surface area contributed by atoms with Crippen LogP contribution < -0.4 is 4.74 Å². The van der Waals surface area contributed by atoms with Crippen LogP contribution in [0.3, 0.4) is 0 Å². The predicted octanol–water partition coefficient (Wildman–Crippen LogP) is 2.53. The van der Waals surface area contributed by atoms with E-state index in [0.717, 1.165) is 11.1 Å². The third-order valence-corrected chi connectivity index (χ3v) is 2.79. The van der Waals surface area contributed by atoms with Crippen LogP contribution >= 0.6 is 0 Å². The van der Waals surface area contributed by atoms with Gasteiger partial charge in [0, 0.05) is 36.1 Å². The van der Waals surface area contributed by atoms with Crippen LogP contribution in [0.4, 0.5) is 0 Å². The Bertz CT molecular complexity index is 546. The molecule has 2 aromatic rings. The maximum Gasteiger partial charge on any atom is 0.218 e. The number of carbonyl (C=O) groups excluding carboxylic acids is 1. The first-order valence-corrected chi connectivity index (χ1v) is 5.91. The van der Waals surface area contributed by atoms with Crippen molar-refractivity contribution >= 4 is 5.78 Å². The number of hydrogen-bond donors (Lipinski definition) is 0. The zero-order chi connectivity index (χ0) is 13.0. The molecule has 4 heteroatoms. The first-order valence-electron chi connectivity index (χ1n) is 5.91. The normalized spacial score (nSPS) is 10.3. The Morgan fingerprint density at radius 3 is 3.00 bits per heavy atom. The summed E-state index contributed by atoms with van der Waals surface area (Å²) in [7, 11) is 1.60. The molecule has 4 nitrogen and oxygen atoms in total. The molecule has 0 spiro atoms. The summed E-state index contributed by atoms with van der Waals surface area (Å²) in [6.45, 7) is 2.51. The fraction of sp³-hybridized carbons (Fsp3) is 0.286. The van der Waals surface area contributed by atoms with Gasteiger partial charge in [0.05, 0.1) is 13.7 Å². The van der Waals surface area contributed by atoms with Crippen LogP contribution in [0.5, 0.6) is 5.88 Å². The molecule has 0 aliphatic carbocycles.